The van der Waals surface area contributed by atoms with Crippen LogP contribution in [0.25, 0.3) is 11.5 Å². The predicted molar refractivity (Wildman–Crippen MR) is 115 cm³/mol. The highest BCUT2D eigenvalue weighted by atomic mass is 15.1. The summed E-state index contributed by atoms with van der Waals surface area (Å²) in [6.07, 6.45) is 10.5. The summed E-state index contributed by atoms with van der Waals surface area (Å²) in [5.41, 5.74) is 10.7. The third-order valence-corrected chi connectivity index (χ3v) is 7.38. The molecule has 2 heteroatoms. The molecule has 2 aliphatic heterocycles. The number of rotatable bonds is 2. The van der Waals surface area contributed by atoms with Crippen LogP contribution in [-0.2, 0) is 0 Å². The van der Waals surface area contributed by atoms with Gasteiger partial charge in [-0.2, -0.15) is 0 Å². The van der Waals surface area contributed by atoms with E-state index in [4.69, 9.17) is 0 Å². The van der Waals surface area contributed by atoms with E-state index in [2.05, 4.69) is 85.9 Å². The zero-order valence-corrected chi connectivity index (χ0v) is 16.0. The van der Waals surface area contributed by atoms with E-state index in [0.717, 1.165) is 6.42 Å². The molecule has 0 fully saturated rings. The van der Waals surface area contributed by atoms with Crippen LogP contribution in [0.5, 0.6) is 0 Å². The fraction of sp³-hybridized carbons (Fsp3) is 0.280. The molecule has 132 valence electrons. The van der Waals surface area contributed by atoms with E-state index in [0.29, 0.717) is 30.7 Å². The minimum absolute atomic E-state index is 0.436. The van der Waals surface area contributed by atoms with Crippen molar-refractivity contribution in [3.05, 3.63) is 94.6 Å². The summed E-state index contributed by atoms with van der Waals surface area (Å²) in [4.78, 5) is 2.78. The highest BCUT2D eigenvalue weighted by Gasteiger charge is 2.52. The van der Waals surface area contributed by atoms with Crippen molar-refractivity contribution in [1.82, 2.24) is 4.81 Å². The van der Waals surface area contributed by atoms with Crippen molar-refractivity contribution in [2.75, 3.05) is 0 Å². The summed E-state index contributed by atoms with van der Waals surface area (Å²) in [6.45, 7) is 9.27. The maximum absolute atomic E-state index is 4.01. The number of fused-ring (bicyclic) bond motifs is 3. The lowest BCUT2D eigenvalue weighted by atomic mass is 9.38. The number of allylic oxidation sites excluding steroid dienone is 3. The molecule has 4 atom stereocenters. The van der Waals surface area contributed by atoms with Crippen molar-refractivity contribution < 1.29 is 0 Å². The number of nitrogens with zero attached hydrogens (tertiary/aromatic N) is 1. The highest BCUT2D eigenvalue weighted by molar-refractivity contribution is 6.79. The summed E-state index contributed by atoms with van der Waals surface area (Å²) < 4.78 is 0. The Morgan fingerprint density at radius 3 is 2.63 bits per heavy atom. The first-order chi connectivity index (χ1) is 13.2. The minimum Gasteiger partial charge on any atom is -0.325 e. The first-order valence-electron chi connectivity index (χ1n) is 10.2. The number of benzene rings is 2. The third kappa shape index (κ3) is 1.85. The van der Waals surface area contributed by atoms with Crippen molar-refractivity contribution in [3.63, 3.8) is 0 Å². The van der Waals surface area contributed by atoms with Crippen LogP contribution < -0.4 is 0 Å². The zero-order valence-electron chi connectivity index (χ0n) is 16.0. The molecule has 0 saturated heterocycles. The van der Waals surface area contributed by atoms with E-state index >= 15 is 0 Å². The van der Waals surface area contributed by atoms with Crippen LogP contribution in [0, 0.1) is 0 Å². The Kier molecular flexibility index (Phi) is 3.12. The molecule has 2 aromatic rings. The van der Waals surface area contributed by atoms with E-state index < -0.39 is 0 Å². The van der Waals surface area contributed by atoms with Gasteiger partial charge in [-0.15, -0.1) is 6.58 Å². The zero-order chi connectivity index (χ0) is 18.3. The van der Waals surface area contributed by atoms with Crippen molar-refractivity contribution in [2.45, 2.75) is 44.1 Å². The van der Waals surface area contributed by atoms with Crippen molar-refractivity contribution in [3.8, 4) is 0 Å². The van der Waals surface area contributed by atoms with E-state index in [1.807, 2.05) is 0 Å². The highest BCUT2D eigenvalue weighted by Crippen LogP contribution is 2.56. The second kappa shape index (κ2) is 5.36. The van der Waals surface area contributed by atoms with Gasteiger partial charge in [-0.25, -0.2) is 0 Å². The lowest BCUT2D eigenvalue weighted by Gasteiger charge is -2.50. The Labute approximate surface area is 162 Å². The maximum Gasteiger partial charge on any atom is 0.270 e. The largest absolute Gasteiger partial charge is 0.325 e. The lowest BCUT2D eigenvalue weighted by molar-refractivity contribution is 0.268. The molecule has 2 aliphatic carbocycles. The van der Waals surface area contributed by atoms with E-state index in [9.17, 15) is 0 Å². The minimum atomic E-state index is 0.436. The lowest BCUT2D eigenvalue weighted by Crippen LogP contribution is -2.52. The van der Waals surface area contributed by atoms with Gasteiger partial charge in [0.25, 0.3) is 6.85 Å². The van der Waals surface area contributed by atoms with Crippen molar-refractivity contribution in [2.24, 2.45) is 0 Å². The van der Waals surface area contributed by atoms with Gasteiger partial charge in [-0.05, 0) is 53.6 Å². The molecule has 0 spiro atoms. The number of hydrogen-bond donors (Lipinski definition) is 0. The van der Waals surface area contributed by atoms with Gasteiger partial charge in [0.2, 0.25) is 0 Å². The first-order valence-corrected chi connectivity index (χ1v) is 10.2. The summed E-state index contributed by atoms with van der Waals surface area (Å²) >= 11 is 0. The molecular weight excluding hydrogens is 325 g/mol. The smallest absolute Gasteiger partial charge is 0.270 e. The second-order valence-corrected chi connectivity index (χ2v) is 8.54. The van der Waals surface area contributed by atoms with Crippen LogP contribution in [0.2, 0.25) is 0 Å². The summed E-state index contributed by atoms with van der Waals surface area (Å²) in [7, 11) is 0. The van der Waals surface area contributed by atoms with Crippen LogP contribution in [0.4, 0.5) is 0 Å². The van der Waals surface area contributed by atoms with E-state index in [1.165, 1.54) is 22.3 Å². The molecule has 0 radical (unpaired) electrons. The molecule has 0 aromatic heterocycles. The van der Waals surface area contributed by atoms with Gasteiger partial charge in [-0.1, -0.05) is 66.2 Å². The Morgan fingerprint density at radius 2 is 1.78 bits per heavy atom. The topological polar surface area (TPSA) is 3.24 Å². The van der Waals surface area contributed by atoms with Crippen LogP contribution in [-0.4, -0.2) is 11.7 Å². The molecule has 27 heavy (non-hydrogen) atoms. The van der Waals surface area contributed by atoms with Crippen LogP contribution >= 0.6 is 0 Å². The Morgan fingerprint density at radius 1 is 1.04 bits per heavy atom. The molecule has 1 nitrogen and oxygen atoms in total. The molecule has 2 heterocycles. The average Bonchev–Trinajstić information content (AvgIpc) is 3.27. The fourth-order valence-corrected chi connectivity index (χ4v) is 6.33. The standard InChI is InChI=1S/C25H24BN/c1-4-7-18-14-23-25-20(10-6-11-21(18)25)16(3)27-15(2)19-9-5-8-17-12-13-22(24(17)19)26(23)27/h4-6,8-16,18,22H,1,7H2,2-3H3. The first kappa shape index (κ1) is 15.7. The molecule has 4 aliphatic rings. The SMILES string of the molecule is C=CCC1C=C2B3C4C=Cc5cccc(c54)C(C)N3C(C)c3cccc1c32. The van der Waals surface area contributed by atoms with Crippen molar-refractivity contribution >= 4 is 18.4 Å². The second-order valence-electron chi connectivity index (χ2n) is 8.54. The normalized spacial score (nSPS) is 29.3. The third-order valence-electron chi connectivity index (χ3n) is 7.38. The summed E-state index contributed by atoms with van der Waals surface area (Å²) in [5.74, 6) is 0.960. The molecule has 4 unspecified atom stereocenters. The molecule has 2 aromatic carbocycles. The molecule has 0 amide bonds. The number of hydrogen-bond acceptors (Lipinski definition) is 1. The van der Waals surface area contributed by atoms with Gasteiger partial charge in [0, 0.05) is 23.8 Å². The van der Waals surface area contributed by atoms with Gasteiger partial charge < -0.3 is 4.81 Å². The summed E-state index contributed by atoms with van der Waals surface area (Å²) in [6, 6.07) is 14.7. The van der Waals surface area contributed by atoms with Gasteiger partial charge in [0.1, 0.15) is 0 Å². The maximum atomic E-state index is 4.01. The van der Waals surface area contributed by atoms with Crippen LogP contribution in [0.3, 0.4) is 0 Å². The van der Waals surface area contributed by atoms with Gasteiger partial charge in [-0.3, -0.25) is 0 Å². The Balaban J connectivity index is 1.62. The fourth-order valence-electron chi connectivity index (χ4n) is 6.33. The Bertz CT molecular complexity index is 1050. The molecule has 0 saturated carbocycles. The quantitative estimate of drug-likeness (QED) is 0.469. The van der Waals surface area contributed by atoms with Crippen molar-refractivity contribution in [1.29, 1.82) is 0 Å². The Hall–Kier alpha value is -2.32. The van der Waals surface area contributed by atoms with Crippen LogP contribution in [0.15, 0.2) is 61.2 Å². The van der Waals surface area contributed by atoms with Gasteiger partial charge >= 0.3 is 0 Å². The van der Waals surface area contributed by atoms with E-state index in [1.54, 1.807) is 16.6 Å². The molecular formula is C25H24BN. The van der Waals surface area contributed by atoms with Crippen LogP contribution in [0.1, 0.15) is 77.5 Å². The molecule has 0 bridgehead atoms. The molecule has 6 rings (SSSR count). The van der Waals surface area contributed by atoms with E-state index in [-0.39, 0.29) is 0 Å². The summed E-state index contributed by atoms with van der Waals surface area (Å²) in [5, 5.41) is 0. The monoisotopic (exact) mass is 349 g/mol. The average molecular weight is 349 g/mol. The van der Waals surface area contributed by atoms with Gasteiger partial charge in [0.15, 0.2) is 0 Å². The predicted octanol–water partition coefficient (Wildman–Crippen LogP) is 6.08. The van der Waals surface area contributed by atoms with Gasteiger partial charge in [0.05, 0.1) is 0 Å². The molecule has 0 N–H and O–H groups in total.